The molecule has 3 heterocycles. The van der Waals surface area contributed by atoms with Crippen molar-refractivity contribution in [2.45, 2.75) is 26.9 Å². The van der Waals surface area contributed by atoms with Gasteiger partial charge in [-0.2, -0.15) is 0 Å². The van der Waals surface area contributed by atoms with Crippen molar-refractivity contribution in [1.29, 1.82) is 0 Å². The van der Waals surface area contributed by atoms with E-state index in [0.717, 1.165) is 16.9 Å². The van der Waals surface area contributed by atoms with Gasteiger partial charge in [-0.1, -0.05) is 18.2 Å². The van der Waals surface area contributed by atoms with Gasteiger partial charge in [0.05, 0.1) is 16.7 Å². The second-order valence-electron chi connectivity index (χ2n) is 7.83. The fourth-order valence-corrected chi connectivity index (χ4v) is 3.63. The molecule has 1 saturated heterocycles. The molecule has 1 aliphatic rings. The molecule has 1 unspecified atom stereocenters. The summed E-state index contributed by atoms with van der Waals surface area (Å²) in [6.07, 6.45) is 4.35. The van der Waals surface area contributed by atoms with Crippen LogP contribution in [0.25, 0.3) is 5.65 Å². The van der Waals surface area contributed by atoms with Crippen molar-refractivity contribution in [3.63, 3.8) is 0 Å². The van der Waals surface area contributed by atoms with Gasteiger partial charge < -0.3 is 19.1 Å². The van der Waals surface area contributed by atoms with Gasteiger partial charge in [0.2, 0.25) is 0 Å². The van der Waals surface area contributed by atoms with E-state index < -0.39 is 11.4 Å². The maximum atomic E-state index is 13.0. The van der Waals surface area contributed by atoms with Crippen molar-refractivity contribution in [2.75, 3.05) is 13.1 Å². The molecule has 150 valence electrons. The van der Waals surface area contributed by atoms with Crippen LogP contribution in [0.3, 0.4) is 0 Å². The van der Waals surface area contributed by atoms with Crippen LogP contribution in [-0.4, -0.2) is 44.4 Å². The maximum Gasteiger partial charge on any atom is 0.311 e. The summed E-state index contributed by atoms with van der Waals surface area (Å²) in [6, 6.07) is 11.0. The summed E-state index contributed by atoms with van der Waals surface area (Å²) in [7, 11) is 0. The van der Waals surface area contributed by atoms with Gasteiger partial charge in [0.1, 0.15) is 18.0 Å². The van der Waals surface area contributed by atoms with Gasteiger partial charge in [-0.05, 0) is 44.0 Å². The zero-order chi connectivity index (χ0) is 20.6. The highest BCUT2D eigenvalue weighted by Gasteiger charge is 2.42. The van der Waals surface area contributed by atoms with Crippen LogP contribution in [0.4, 0.5) is 0 Å². The Morgan fingerprint density at radius 1 is 1.21 bits per heavy atom. The number of imidazole rings is 1. The zero-order valence-electron chi connectivity index (χ0n) is 16.5. The number of amides is 1. The lowest BCUT2D eigenvalue weighted by molar-refractivity contribution is -0.147. The minimum absolute atomic E-state index is 0.196. The Balaban J connectivity index is 1.51. The van der Waals surface area contributed by atoms with Crippen molar-refractivity contribution >= 4 is 17.5 Å². The number of para-hydroxylation sites is 1. The molecule has 0 radical (unpaired) electrons. The summed E-state index contributed by atoms with van der Waals surface area (Å²) in [4.78, 5) is 30.6. The first-order valence-corrected chi connectivity index (χ1v) is 9.54. The number of likely N-dealkylation sites (tertiary alicyclic amines) is 1. The van der Waals surface area contributed by atoms with Gasteiger partial charge in [0.25, 0.3) is 5.91 Å². The monoisotopic (exact) mass is 393 g/mol. The van der Waals surface area contributed by atoms with Crippen molar-refractivity contribution in [3.05, 3.63) is 65.6 Å². The Labute approximate surface area is 168 Å². The van der Waals surface area contributed by atoms with E-state index in [1.165, 1.54) is 0 Å². The number of carbonyl (C=O) groups is 2. The van der Waals surface area contributed by atoms with Gasteiger partial charge in [-0.15, -0.1) is 0 Å². The van der Waals surface area contributed by atoms with Crippen molar-refractivity contribution in [3.8, 4) is 5.75 Å². The standard InChI is InChI=1S/C22H23N3O4/c1-15-7-8-19-23-16(12-25(19)11-15)13-29-18-6-4-3-5-17(18)20(26)24-10-9-22(2,14-24)21(27)28/h3-8,11-12H,9-10,13-14H2,1-2H3,(H,27,28). The van der Waals surface area contributed by atoms with Crippen LogP contribution >= 0.6 is 0 Å². The highest BCUT2D eigenvalue weighted by molar-refractivity contribution is 5.97. The predicted molar refractivity (Wildman–Crippen MR) is 107 cm³/mol. The fourth-order valence-electron chi connectivity index (χ4n) is 3.63. The fraction of sp³-hybridized carbons (Fsp3) is 0.318. The van der Waals surface area contributed by atoms with Crippen LogP contribution in [0.1, 0.15) is 35.0 Å². The highest BCUT2D eigenvalue weighted by Crippen LogP contribution is 2.32. The normalized spacial score (nSPS) is 18.9. The van der Waals surface area contributed by atoms with E-state index in [-0.39, 0.29) is 19.1 Å². The number of benzene rings is 1. The lowest BCUT2D eigenvalue weighted by atomic mass is 9.90. The molecule has 0 saturated carbocycles. The van der Waals surface area contributed by atoms with Gasteiger partial charge in [0.15, 0.2) is 0 Å². The SMILES string of the molecule is Cc1ccc2nc(COc3ccccc3C(=O)N3CCC(C)(C(=O)O)C3)cn2c1. The number of ether oxygens (including phenoxy) is 1. The summed E-state index contributed by atoms with van der Waals surface area (Å²) in [5.74, 6) is -0.620. The van der Waals surface area contributed by atoms with Crippen LogP contribution in [0.5, 0.6) is 5.75 Å². The minimum atomic E-state index is -0.903. The van der Waals surface area contributed by atoms with Crippen LogP contribution < -0.4 is 4.74 Å². The number of hydrogen-bond donors (Lipinski definition) is 1. The number of fused-ring (bicyclic) bond motifs is 1. The van der Waals surface area contributed by atoms with Crippen LogP contribution in [-0.2, 0) is 11.4 Å². The molecule has 1 aliphatic heterocycles. The lowest BCUT2D eigenvalue weighted by Crippen LogP contribution is -2.35. The quantitative estimate of drug-likeness (QED) is 0.720. The Morgan fingerprint density at radius 3 is 2.76 bits per heavy atom. The van der Waals surface area contributed by atoms with E-state index in [1.807, 2.05) is 41.9 Å². The number of aryl methyl sites for hydroxylation is 1. The average molecular weight is 393 g/mol. The lowest BCUT2D eigenvalue weighted by Gasteiger charge is -2.21. The molecule has 0 bridgehead atoms. The topological polar surface area (TPSA) is 84.1 Å². The van der Waals surface area contributed by atoms with E-state index in [0.29, 0.717) is 24.3 Å². The summed E-state index contributed by atoms with van der Waals surface area (Å²) < 4.78 is 7.87. The summed E-state index contributed by atoms with van der Waals surface area (Å²) >= 11 is 0. The third kappa shape index (κ3) is 3.68. The smallest absolute Gasteiger partial charge is 0.311 e. The Kier molecular flexibility index (Phi) is 4.74. The molecule has 7 nitrogen and oxygen atoms in total. The molecule has 1 aromatic carbocycles. The number of hydrogen-bond acceptors (Lipinski definition) is 4. The zero-order valence-corrected chi connectivity index (χ0v) is 16.5. The van der Waals surface area contributed by atoms with Gasteiger partial charge in [-0.3, -0.25) is 9.59 Å². The third-order valence-electron chi connectivity index (χ3n) is 5.42. The number of carboxylic acid groups (broad SMARTS) is 1. The second-order valence-corrected chi connectivity index (χ2v) is 7.83. The number of pyridine rings is 1. The molecule has 4 rings (SSSR count). The Morgan fingerprint density at radius 2 is 2.00 bits per heavy atom. The summed E-state index contributed by atoms with van der Waals surface area (Å²) in [6.45, 7) is 4.54. The molecule has 2 aromatic heterocycles. The first-order chi connectivity index (χ1) is 13.9. The van der Waals surface area contributed by atoms with E-state index >= 15 is 0 Å². The molecular weight excluding hydrogens is 370 g/mol. The summed E-state index contributed by atoms with van der Waals surface area (Å²) in [5, 5.41) is 9.41. The Bertz CT molecular complexity index is 1090. The average Bonchev–Trinajstić information content (AvgIpc) is 3.30. The molecule has 7 heteroatoms. The maximum absolute atomic E-state index is 13.0. The first-order valence-electron chi connectivity index (χ1n) is 9.54. The Hall–Kier alpha value is -3.35. The van der Waals surface area contributed by atoms with Crippen molar-refractivity contribution < 1.29 is 19.4 Å². The molecule has 1 amide bonds. The highest BCUT2D eigenvalue weighted by atomic mass is 16.5. The van der Waals surface area contributed by atoms with E-state index in [1.54, 1.807) is 30.0 Å². The predicted octanol–water partition coefficient (Wildman–Crippen LogP) is 3.16. The minimum Gasteiger partial charge on any atom is -0.486 e. The van der Waals surface area contributed by atoms with Crippen LogP contribution in [0.15, 0.2) is 48.8 Å². The molecule has 1 fully saturated rings. The molecule has 3 aromatic rings. The van der Waals surface area contributed by atoms with E-state index in [2.05, 4.69) is 4.98 Å². The van der Waals surface area contributed by atoms with Gasteiger partial charge in [0, 0.05) is 25.5 Å². The number of nitrogens with zero attached hydrogens (tertiary/aromatic N) is 3. The van der Waals surface area contributed by atoms with E-state index in [9.17, 15) is 14.7 Å². The first kappa shape index (κ1) is 19.0. The third-order valence-corrected chi connectivity index (χ3v) is 5.42. The molecule has 1 atom stereocenters. The molecule has 0 spiro atoms. The number of carbonyl (C=O) groups excluding carboxylic acids is 1. The van der Waals surface area contributed by atoms with Gasteiger partial charge >= 0.3 is 5.97 Å². The molecule has 29 heavy (non-hydrogen) atoms. The van der Waals surface area contributed by atoms with E-state index in [4.69, 9.17) is 4.74 Å². The molecular formula is C22H23N3O4. The number of aromatic nitrogens is 2. The van der Waals surface area contributed by atoms with Crippen LogP contribution in [0.2, 0.25) is 0 Å². The second kappa shape index (κ2) is 7.24. The summed E-state index contributed by atoms with van der Waals surface area (Å²) in [5.41, 5.74) is 2.26. The largest absolute Gasteiger partial charge is 0.486 e. The van der Waals surface area contributed by atoms with Crippen LogP contribution in [0, 0.1) is 12.3 Å². The number of aliphatic carboxylic acids is 1. The van der Waals surface area contributed by atoms with Crippen molar-refractivity contribution in [2.24, 2.45) is 5.41 Å². The molecule has 1 N–H and O–H groups in total. The number of carboxylic acids is 1. The van der Waals surface area contributed by atoms with Gasteiger partial charge in [-0.25, -0.2) is 4.98 Å². The number of rotatable bonds is 5. The van der Waals surface area contributed by atoms with Crippen molar-refractivity contribution in [1.82, 2.24) is 14.3 Å². The molecule has 0 aliphatic carbocycles.